The molecule has 3 heteroatoms. The second kappa shape index (κ2) is 0.814. The van der Waals surface area contributed by atoms with Gasteiger partial charge < -0.3 is 0 Å². The fourth-order valence-corrected chi connectivity index (χ4v) is 103. The zero-order valence-corrected chi connectivity index (χ0v) is 14.6. The molecule has 0 aromatic heterocycles. The second-order valence-electron chi connectivity index (χ2n) is 12.2. The van der Waals surface area contributed by atoms with E-state index < -0.39 is 6.51 Å². The Morgan fingerprint density at radius 1 is 0.952 bits per heavy atom. The minimum atomic E-state index is -3.16. The first-order valence-electron chi connectivity index (χ1n) is 8.63. The number of hydrogen-bond donors (Lipinski definition) is 0. The molecule has 0 radical (unpaired) electrons. The molecule has 1 aromatic carbocycles. The van der Waals surface area contributed by atoms with Crippen LogP contribution in [0, 0.1) is 0 Å². The molecule has 6 atom stereocenters. The van der Waals surface area contributed by atoms with E-state index in [0.717, 1.165) is 8.37 Å². The van der Waals surface area contributed by atoms with Crippen LogP contribution in [0.3, 0.4) is 0 Å². The summed E-state index contributed by atoms with van der Waals surface area (Å²) < 4.78 is 1.68. The number of hydrogen-bond acceptors (Lipinski definition) is 1. The summed E-state index contributed by atoms with van der Waals surface area (Å²) in [6, 6.07) is 9.60. The number of anilines is 1. The van der Waals surface area contributed by atoms with E-state index in [4.69, 9.17) is 0 Å². The fraction of sp³-hybridized carbons (Fsp3) is 0.667. The van der Waals surface area contributed by atoms with Gasteiger partial charge in [-0.05, 0) is 0 Å². The Balaban J connectivity index is 1.50. The second-order valence-corrected chi connectivity index (χ2v) is 36.9. The van der Waals surface area contributed by atoms with Gasteiger partial charge in [-0.2, -0.15) is 0 Å². The first-order chi connectivity index (χ1) is 9.86. The van der Waals surface area contributed by atoms with E-state index >= 15 is 0 Å². The van der Waals surface area contributed by atoms with Crippen LogP contribution in [0.25, 0.3) is 0 Å². The first-order valence-corrected chi connectivity index (χ1v) is 15.4. The standard InChI is InChI=1S/C13H15NP.C5H5.Fe/c1-14(2)12-8-4-3-6-10(12)11-7-5-9-13(11)15;1-2-4-5-3-1;/h3-9H,15H2,1-2H3;1-5H;. The summed E-state index contributed by atoms with van der Waals surface area (Å²) in [6.07, 6.45) is 0. The van der Waals surface area contributed by atoms with Gasteiger partial charge >= 0.3 is 117 Å². The molecule has 0 aliphatic carbocycles. The molecule has 6 unspecified atom stereocenters. The summed E-state index contributed by atoms with van der Waals surface area (Å²) >= 11 is 0. The Morgan fingerprint density at radius 2 is 1.57 bits per heavy atom. The molecule has 10 saturated heterocycles. The van der Waals surface area contributed by atoms with Gasteiger partial charge in [0.1, 0.15) is 0 Å². The summed E-state index contributed by atoms with van der Waals surface area (Å²) in [7, 11) is 8.15. The number of para-hydroxylation sites is 1. The first kappa shape index (κ1) is 8.72. The zero-order chi connectivity index (χ0) is 13.5. The Morgan fingerprint density at radius 3 is 1.95 bits per heavy atom. The summed E-state index contributed by atoms with van der Waals surface area (Å²) in [4.78, 5) is 13.4. The van der Waals surface area contributed by atoms with Gasteiger partial charge in [-0.15, -0.1) is 0 Å². The molecule has 110 valence electrons. The van der Waals surface area contributed by atoms with Crippen LogP contribution in [0.15, 0.2) is 24.3 Å². The average Bonchev–Trinajstić information content (AvgIpc) is 3.42. The van der Waals surface area contributed by atoms with Crippen LogP contribution in [-0.4, -0.2) is 18.1 Å². The van der Waals surface area contributed by atoms with Crippen LogP contribution in [0.5, 0.6) is 0 Å². The van der Waals surface area contributed by atoms with Gasteiger partial charge in [0.25, 0.3) is 0 Å². The average molecular weight is 337 g/mol. The summed E-state index contributed by atoms with van der Waals surface area (Å²) in [5, 5.41) is 0. The van der Waals surface area contributed by atoms with Gasteiger partial charge in [0.05, 0.1) is 0 Å². The van der Waals surface area contributed by atoms with Crippen molar-refractivity contribution in [3.63, 3.8) is 0 Å². The zero-order valence-electron chi connectivity index (χ0n) is 12.3. The molecule has 0 saturated carbocycles. The maximum atomic E-state index is 3.63. The predicted molar refractivity (Wildman–Crippen MR) is 84.9 cm³/mol. The number of benzene rings is 1. The maximum absolute atomic E-state index is 3.63. The number of nitrogens with zero attached hydrogens (tertiary/aromatic N) is 1. The molecular formula is C18H20FeNP. The molecule has 10 fully saturated rings. The molecule has 1 aromatic rings. The van der Waals surface area contributed by atoms with Crippen LogP contribution in [0.2, 0.25) is 38.5 Å². The van der Waals surface area contributed by atoms with Crippen molar-refractivity contribution in [3.8, 4) is 0 Å². The van der Waals surface area contributed by atoms with Crippen LogP contribution >= 0.6 is 9.24 Å². The van der Waals surface area contributed by atoms with Gasteiger partial charge in [-0.3, -0.25) is 0 Å². The molecule has 10 heterocycles. The summed E-state index contributed by atoms with van der Waals surface area (Å²) in [5.74, 6) is 0. The normalized spacial score (nSPS) is 102. The third-order valence-corrected chi connectivity index (χ3v) is 65.2. The van der Waals surface area contributed by atoms with Crippen molar-refractivity contribution < 1.29 is 6.51 Å². The molecular weight excluding hydrogens is 317 g/mol. The Kier molecular flexibility index (Phi) is 0.338. The molecule has 0 N–H and O–H groups in total. The van der Waals surface area contributed by atoms with E-state index in [0.29, 0.717) is 0 Å². The molecule has 10 aliphatic heterocycles. The van der Waals surface area contributed by atoms with Crippen molar-refractivity contribution in [2.75, 3.05) is 19.0 Å². The SMILES string of the molecule is CN(C)c1ccccc1[C]12[CH]3[CH]4[CH]5[C]1(P)[Fe]45321678[CH]2[CH]1[CH]6[CH]7[CH]28. The Labute approximate surface area is 117 Å². The van der Waals surface area contributed by atoms with E-state index in [9.17, 15) is 0 Å². The molecule has 21 heavy (non-hydrogen) atoms. The van der Waals surface area contributed by atoms with Gasteiger partial charge in [-0.25, -0.2) is 0 Å². The van der Waals surface area contributed by atoms with Crippen molar-refractivity contribution in [2.24, 2.45) is 0 Å². The van der Waals surface area contributed by atoms with Gasteiger partial charge in [0.2, 0.25) is 0 Å². The van der Waals surface area contributed by atoms with E-state index in [1.807, 2.05) is 5.56 Å². The molecule has 0 bridgehead atoms. The van der Waals surface area contributed by atoms with E-state index in [2.05, 4.69) is 52.5 Å². The third-order valence-electron chi connectivity index (χ3n) is 16.8. The van der Waals surface area contributed by atoms with Crippen molar-refractivity contribution in [3.05, 3.63) is 29.8 Å². The topological polar surface area (TPSA) is 3.24 Å². The summed E-state index contributed by atoms with van der Waals surface area (Å²) in [6.45, 7) is -3.16. The van der Waals surface area contributed by atoms with Crippen molar-refractivity contribution in [1.82, 2.24) is 0 Å². The molecule has 10 aliphatic rings. The third kappa shape index (κ3) is 0.105. The molecule has 0 amide bonds. The predicted octanol–water partition coefficient (Wildman–Crippen LogP) is 4.33. The van der Waals surface area contributed by atoms with Crippen molar-refractivity contribution in [2.45, 2.75) is 46.9 Å². The summed E-state index contributed by atoms with van der Waals surface area (Å²) in [5.41, 5.74) is 3.43. The van der Waals surface area contributed by atoms with Crippen molar-refractivity contribution >= 4 is 14.9 Å². The number of fused-ring (bicyclic) bond motifs is 10. The van der Waals surface area contributed by atoms with Crippen molar-refractivity contribution in [1.29, 1.82) is 0 Å². The molecule has 1 nitrogen and oxygen atoms in total. The van der Waals surface area contributed by atoms with Crippen LogP contribution in [0.4, 0.5) is 5.69 Å². The van der Waals surface area contributed by atoms with Gasteiger partial charge in [-0.1, -0.05) is 0 Å². The van der Waals surface area contributed by atoms with E-state index in [-0.39, 0.29) is 0 Å². The number of rotatable bonds is 2. The van der Waals surface area contributed by atoms with Crippen LogP contribution in [-0.2, 0) is 10.8 Å². The van der Waals surface area contributed by atoms with Gasteiger partial charge in [0.15, 0.2) is 0 Å². The van der Waals surface area contributed by atoms with Crippen LogP contribution < -0.4 is 4.90 Å². The monoisotopic (exact) mass is 337 g/mol. The van der Waals surface area contributed by atoms with Crippen LogP contribution in [0.1, 0.15) is 5.56 Å². The Bertz CT molecular complexity index is 1260. The quantitative estimate of drug-likeness (QED) is 0.574. The molecule has 11 rings (SSSR count). The molecule has 1 spiro atoms. The van der Waals surface area contributed by atoms with E-state index in [1.54, 1.807) is 5.69 Å². The fourth-order valence-electron chi connectivity index (χ4n) is 18.6. The van der Waals surface area contributed by atoms with Gasteiger partial charge in [0, 0.05) is 0 Å². The Hall–Kier alpha value is -0.0305. The minimum absolute atomic E-state index is 0.817. The van der Waals surface area contributed by atoms with E-state index in [1.165, 1.54) is 38.5 Å².